The average molecular weight is 321 g/mol. The van der Waals surface area contributed by atoms with Gasteiger partial charge in [0.2, 0.25) is 11.8 Å². The highest BCUT2D eigenvalue weighted by atomic mass is 16.2. The van der Waals surface area contributed by atoms with E-state index in [9.17, 15) is 14.4 Å². The Morgan fingerprint density at radius 2 is 2.00 bits per heavy atom. The first-order valence-corrected chi connectivity index (χ1v) is 7.36. The molecule has 0 aliphatic heterocycles. The van der Waals surface area contributed by atoms with E-state index in [0.29, 0.717) is 12.4 Å². The van der Waals surface area contributed by atoms with E-state index in [2.05, 4.69) is 20.9 Å². The predicted octanol–water partition coefficient (Wildman–Crippen LogP) is 0.495. The normalized spacial score (nSPS) is 11.7. The number of urea groups is 1. The number of amides is 4. The number of likely N-dealkylation sites (N-methyl/N-ethyl adjacent to an activating group) is 1. The molecular weight excluding hydrogens is 298 g/mol. The molecule has 0 saturated carbocycles. The first kappa shape index (κ1) is 18.6. The van der Waals surface area contributed by atoms with Crippen molar-refractivity contribution in [1.82, 2.24) is 20.5 Å². The molecule has 0 bridgehead atoms. The zero-order valence-electron chi connectivity index (χ0n) is 13.8. The van der Waals surface area contributed by atoms with Crippen molar-refractivity contribution in [2.75, 3.05) is 25.5 Å². The van der Waals surface area contributed by atoms with Crippen molar-refractivity contribution in [2.24, 2.45) is 0 Å². The zero-order chi connectivity index (χ0) is 17.4. The molecule has 1 aromatic rings. The molecule has 0 fully saturated rings. The molecule has 1 atom stereocenters. The molecule has 3 N–H and O–H groups in total. The van der Waals surface area contributed by atoms with Crippen molar-refractivity contribution in [3.63, 3.8) is 0 Å². The summed E-state index contributed by atoms with van der Waals surface area (Å²) in [6.07, 6.45) is 0. The number of hydrogen-bond donors (Lipinski definition) is 3. The van der Waals surface area contributed by atoms with Gasteiger partial charge in [0, 0.05) is 12.2 Å². The number of nitrogens with one attached hydrogen (secondary N) is 3. The van der Waals surface area contributed by atoms with E-state index in [4.69, 9.17) is 0 Å². The van der Waals surface area contributed by atoms with Crippen LogP contribution in [0.2, 0.25) is 0 Å². The summed E-state index contributed by atoms with van der Waals surface area (Å²) >= 11 is 0. The van der Waals surface area contributed by atoms with Gasteiger partial charge < -0.3 is 10.6 Å². The summed E-state index contributed by atoms with van der Waals surface area (Å²) < 4.78 is 0. The summed E-state index contributed by atoms with van der Waals surface area (Å²) in [6.45, 7) is 5.63. The van der Waals surface area contributed by atoms with Crippen molar-refractivity contribution < 1.29 is 14.4 Å². The van der Waals surface area contributed by atoms with E-state index < -0.39 is 18.0 Å². The van der Waals surface area contributed by atoms with Gasteiger partial charge in [-0.15, -0.1) is 0 Å². The molecule has 8 heteroatoms. The van der Waals surface area contributed by atoms with Crippen molar-refractivity contribution in [1.29, 1.82) is 0 Å². The van der Waals surface area contributed by atoms with Gasteiger partial charge in [-0.3, -0.25) is 19.8 Å². The van der Waals surface area contributed by atoms with Crippen molar-refractivity contribution in [3.05, 3.63) is 23.9 Å². The van der Waals surface area contributed by atoms with Crippen molar-refractivity contribution in [3.8, 4) is 0 Å². The molecule has 1 rings (SSSR count). The number of carbonyl (C=O) groups excluding carboxylic acids is 3. The second kappa shape index (κ2) is 8.84. The van der Waals surface area contributed by atoms with Gasteiger partial charge in [-0.2, -0.15) is 0 Å². The van der Waals surface area contributed by atoms with Crippen LogP contribution in [0.15, 0.2) is 18.2 Å². The molecular formula is C15H23N5O3. The van der Waals surface area contributed by atoms with Crippen molar-refractivity contribution >= 4 is 23.7 Å². The minimum absolute atomic E-state index is 0.000391. The third-order valence-corrected chi connectivity index (χ3v) is 3.16. The number of rotatable bonds is 6. The molecule has 1 heterocycles. The summed E-state index contributed by atoms with van der Waals surface area (Å²) in [6, 6.07) is 4.13. The van der Waals surface area contributed by atoms with Crippen LogP contribution in [0.1, 0.15) is 19.5 Å². The average Bonchev–Trinajstić information content (AvgIpc) is 2.46. The third kappa shape index (κ3) is 6.43. The molecule has 0 aliphatic rings. The number of aromatic nitrogens is 1. The lowest BCUT2D eigenvalue weighted by molar-refractivity contribution is -0.125. The Kier molecular flexibility index (Phi) is 7.14. The molecule has 126 valence electrons. The highest BCUT2D eigenvalue weighted by Crippen LogP contribution is 2.04. The van der Waals surface area contributed by atoms with Gasteiger partial charge in [0.15, 0.2) is 0 Å². The molecule has 0 spiro atoms. The van der Waals surface area contributed by atoms with E-state index in [1.165, 1.54) is 0 Å². The first-order valence-electron chi connectivity index (χ1n) is 7.36. The lowest BCUT2D eigenvalue weighted by atomic mass is 10.2. The van der Waals surface area contributed by atoms with Crippen molar-refractivity contribution in [2.45, 2.75) is 26.8 Å². The van der Waals surface area contributed by atoms with E-state index >= 15 is 0 Å². The monoisotopic (exact) mass is 321 g/mol. The third-order valence-electron chi connectivity index (χ3n) is 3.16. The Hall–Kier alpha value is -2.48. The number of anilines is 1. The van der Waals surface area contributed by atoms with E-state index in [1.54, 1.807) is 37.9 Å². The Bertz CT molecular complexity index is 576. The molecule has 0 radical (unpaired) electrons. The largest absolute Gasteiger partial charge is 0.338 e. The first-order chi connectivity index (χ1) is 10.8. The summed E-state index contributed by atoms with van der Waals surface area (Å²) in [4.78, 5) is 40.9. The Labute approximate surface area is 135 Å². The van der Waals surface area contributed by atoms with Crippen LogP contribution >= 0.6 is 0 Å². The number of aryl methyl sites for hydroxylation is 1. The summed E-state index contributed by atoms with van der Waals surface area (Å²) in [5.74, 6) is -0.300. The molecule has 1 aromatic heterocycles. The Morgan fingerprint density at radius 3 is 2.61 bits per heavy atom. The van der Waals surface area contributed by atoms with Gasteiger partial charge in [0.05, 0.1) is 12.6 Å². The molecule has 23 heavy (non-hydrogen) atoms. The van der Waals surface area contributed by atoms with Crippen LogP contribution < -0.4 is 16.0 Å². The number of imide groups is 1. The fourth-order valence-electron chi connectivity index (χ4n) is 1.78. The molecule has 4 amide bonds. The highest BCUT2D eigenvalue weighted by molar-refractivity contribution is 5.97. The molecule has 0 aromatic carbocycles. The fraction of sp³-hybridized carbons (Fsp3) is 0.467. The summed E-state index contributed by atoms with van der Waals surface area (Å²) in [7, 11) is 1.63. The van der Waals surface area contributed by atoms with Gasteiger partial charge in [0.25, 0.3) is 0 Å². The van der Waals surface area contributed by atoms with Gasteiger partial charge in [-0.25, -0.2) is 9.78 Å². The van der Waals surface area contributed by atoms with Crippen LogP contribution in [0, 0.1) is 6.92 Å². The Balaban J connectivity index is 2.50. The van der Waals surface area contributed by atoms with Gasteiger partial charge >= 0.3 is 6.03 Å². The number of nitrogens with zero attached hydrogens (tertiary/aromatic N) is 2. The van der Waals surface area contributed by atoms with E-state index in [0.717, 1.165) is 5.69 Å². The predicted molar refractivity (Wildman–Crippen MR) is 86.9 cm³/mol. The van der Waals surface area contributed by atoms with E-state index in [1.807, 2.05) is 13.0 Å². The topological polar surface area (TPSA) is 103 Å². The van der Waals surface area contributed by atoms with Crippen LogP contribution in [-0.2, 0) is 9.59 Å². The van der Waals surface area contributed by atoms with E-state index in [-0.39, 0.29) is 12.5 Å². The Morgan fingerprint density at radius 1 is 1.30 bits per heavy atom. The fourth-order valence-corrected chi connectivity index (χ4v) is 1.78. The van der Waals surface area contributed by atoms with Crippen LogP contribution in [0.25, 0.3) is 0 Å². The maximum Gasteiger partial charge on any atom is 0.321 e. The van der Waals surface area contributed by atoms with Crippen LogP contribution in [0.4, 0.5) is 10.6 Å². The standard InChI is InChI=1S/C15H23N5O3/c1-5-16-15(23)19-14(22)11(3)20(4)9-13(21)18-12-8-6-7-10(2)17-12/h6-8,11H,5,9H2,1-4H3,(H,17,18,21)(H2,16,19,22,23). The van der Waals surface area contributed by atoms with Crippen LogP contribution in [0.3, 0.4) is 0 Å². The maximum absolute atomic E-state index is 12.0. The maximum atomic E-state index is 12.0. The second-order valence-electron chi connectivity index (χ2n) is 5.15. The zero-order valence-corrected chi connectivity index (χ0v) is 13.8. The highest BCUT2D eigenvalue weighted by Gasteiger charge is 2.21. The number of pyridine rings is 1. The smallest absolute Gasteiger partial charge is 0.321 e. The van der Waals surface area contributed by atoms with Crippen LogP contribution in [-0.4, -0.2) is 53.9 Å². The molecule has 1 unspecified atom stereocenters. The molecule has 0 aliphatic carbocycles. The quantitative estimate of drug-likeness (QED) is 0.708. The SMILES string of the molecule is CCNC(=O)NC(=O)C(C)N(C)CC(=O)Nc1cccc(C)n1. The van der Waals surface area contributed by atoms with Gasteiger partial charge in [0.1, 0.15) is 5.82 Å². The minimum atomic E-state index is -0.631. The van der Waals surface area contributed by atoms with Crippen LogP contribution in [0.5, 0.6) is 0 Å². The second-order valence-corrected chi connectivity index (χ2v) is 5.15. The lowest BCUT2D eigenvalue weighted by Gasteiger charge is -2.22. The lowest BCUT2D eigenvalue weighted by Crippen LogP contribution is -2.50. The van der Waals surface area contributed by atoms with Gasteiger partial charge in [-0.1, -0.05) is 6.07 Å². The summed E-state index contributed by atoms with van der Waals surface area (Å²) in [5, 5.41) is 7.36. The minimum Gasteiger partial charge on any atom is -0.338 e. The molecule has 0 saturated heterocycles. The molecule has 8 nitrogen and oxygen atoms in total. The van der Waals surface area contributed by atoms with Gasteiger partial charge in [-0.05, 0) is 40.0 Å². The summed E-state index contributed by atoms with van der Waals surface area (Å²) in [5.41, 5.74) is 0.797. The number of carbonyl (C=O) groups is 3. The number of hydrogen-bond acceptors (Lipinski definition) is 5.